The number of likely N-dealkylation sites (N-methyl/N-ethyl adjacent to an activating group) is 1. The van der Waals surface area contributed by atoms with E-state index < -0.39 is 0 Å². The van der Waals surface area contributed by atoms with Gasteiger partial charge in [-0.2, -0.15) is 0 Å². The van der Waals surface area contributed by atoms with Gasteiger partial charge in [-0.15, -0.1) is 6.58 Å². The van der Waals surface area contributed by atoms with Crippen LogP contribution in [0.2, 0.25) is 5.02 Å². The fourth-order valence-corrected chi connectivity index (χ4v) is 2.13. The van der Waals surface area contributed by atoms with Gasteiger partial charge in [0.2, 0.25) is 0 Å². The summed E-state index contributed by atoms with van der Waals surface area (Å²) in [4.78, 5) is 2.23. The third-order valence-electron chi connectivity index (χ3n) is 2.98. The van der Waals surface area contributed by atoms with E-state index in [2.05, 4.69) is 42.8 Å². The number of halogens is 1. The maximum absolute atomic E-state index is 6.31. The van der Waals surface area contributed by atoms with Crippen LogP contribution in [0.1, 0.15) is 25.5 Å². The largest absolute Gasteiger partial charge is 0.368 e. The lowest BCUT2D eigenvalue weighted by atomic mass is 10.1. The lowest BCUT2D eigenvalue weighted by Crippen LogP contribution is -2.22. The summed E-state index contributed by atoms with van der Waals surface area (Å²) in [7, 11) is 1.94. The second-order valence-corrected chi connectivity index (χ2v) is 4.45. The van der Waals surface area contributed by atoms with Crippen LogP contribution in [-0.4, -0.2) is 20.1 Å². The van der Waals surface area contributed by atoms with E-state index in [0.717, 1.165) is 29.4 Å². The van der Waals surface area contributed by atoms with E-state index in [1.54, 1.807) is 0 Å². The topological polar surface area (TPSA) is 15.3 Å². The van der Waals surface area contributed by atoms with Crippen molar-refractivity contribution in [3.63, 3.8) is 0 Å². The van der Waals surface area contributed by atoms with Gasteiger partial charge in [0.1, 0.15) is 0 Å². The Labute approximate surface area is 109 Å². The van der Waals surface area contributed by atoms with Gasteiger partial charge in [0.15, 0.2) is 0 Å². The minimum atomic E-state index is 0.269. The Balaban J connectivity index is 2.98. The van der Waals surface area contributed by atoms with Crippen molar-refractivity contribution in [1.29, 1.82) is 0 Å². The van der Waals surface area contributed by atoms with Crippen molar-refractivity contribution in [2.24, 2.45) is 0 Å². The Morgan fingerprint density at radius 1 is 1.53 bits per heavy atom. The molecular weight excluding hydrogens is 232 g/mol. The lowest BCUT2D eigenvalue weighted by molar-refractivity contribution is 0.652. The smallest absolute Gasteiger partial charge is 0.0474 e. The summed E-state index contributed by atoms with van der Waals surface area (Å²) in [6.45, 7) is 9.79. The fourth-order valence-electron chi connectivity index (χ4n) is 1.79. The molecule has 1 unspecified atom stereocenters. The summed E-state index contributed by atoms with van der Waals surface area (Å²) in [5, 5.41) is 4.01. The predicted molar refractivity (Wildman–Crippen MR) is 77.0 cm³/mol. The van der Waals surface area contributed by atoms with Crippen LogP contribution >= 0.6 is 11.6 Å². The Morgan fingerprint density at radius 2 is 2.24 bits per heavy atom. The second-order valence-electron chi connectivity index (χ2n) is 4.04. The SMILES string of the molecule is C=CCN(CC)c1ccc(C(C)NC)c(Cl)c1. The molecule has 1 N–H and O–H groups in total. The molecular formula is C14H21ClN2. The van der Waals surface area contributed by atoms with Crippen LogP contribution in [0.3, 0.4) is 0 Å². The van der Waals surface area contributed by atoms with Crippen molar-refractivity contribution in [2.45, 2.75) is 19.9 Å². The zero-order valence-electron chi connectivity index (χ0n) is 10.8. The number of rotatable bonds is 6. The van der Waals surface area contributed by atoms with Crippen LogP contribution in [0.25, 0.3) is 0 Å². The van der Waals surface area contributed by atoms with Crippen molar-refractivity contribution in [1.82, 2.24) is 5.32 Å². The van der Waals surface area contributed by atoms with Crippen molar-refractivity contribution < 1.29 is 0 Å². The van der Waals surface area contributed by atoms with Crippen LogP contribution in [0.4, 0.5) is 5.69 Å². The van der Waals surface area contributed by atoms with E-state index in [1.165, 1.54) is 0 Å². The maximum Gasteiger partial charge on any atom is 0.0474 e. The van der Waals surface area contributed by atoms with Gasteiger partial charge in [0.25, 0.3) is 0 Å². The summed E-state index contributed by atoms with van der Waals surface area (Å²) in [6, 6.07) is 6.50. The fraction of sp³-hybridized carbons (Fsp3) is 0.429. The van der Waals surface area contributed by atoms with Crippen LogP contribution in [0, 0.1) is 0 Å². The van der Waals surface area contributed by atoms with E-state index in [0.29, 0.717) is 0 Å². The molecule has 1 aromatic rings. The summed E-state index contributed by atoms with van der Waals surface area (Å²) >= 11 is 6.31. The van der Waals surface area contributed by atoms with Crippen molar-refractivity contribution >= 4 is 17.3 Å². The van der Waals surface area contributed by atoms with E-state index in [4.69, 9.17) is 11.6 Å². The van der Waals surface area contributed by atoms with Gasteiger partial charge in [-0.1, -0.05) is 23.7 Å². The predicted octanol–water partition coefficient (Wildman–Crippen LogP) is 3.63. The van der Waals surface area contributed by atoms with Crippen LogP contribution in [0.15, 0.2) is 30.9 Å². The quantitative estimate of drug-likeness (QED) is 0.778. The number of hydrogen-bond donors (Lipinski definition) is 1. The van der Waals surface area contributed by atoms with E-state index in [1.807, 2.05) is 19.2 Å². The summed E-state index contributed by atoms with van der Waals surface area (Å²) in [6.07, 6.45) is 1.90. The first kappa shape index (κ1) is 14.1. The van der Waals surface area contributed by atoms with Crippen LogP contribution in [-0.2, 0) is 0 Å². The molecule has 0 aliphatic rings. The minimum Gasteiger partial charge on any atom is -0.368 e. The molecule has 0 aromatic heterocycles. The molecule has 0 spiro atoms. The molecule has 1 rings (SSSR count). The molecule has 2 nitrogen and oxygen atoms in total. The molecule has 0 amide bonds. The van der Waals surface area contributed by atoms with Crippen molar-refractivity contribution in [3.8, 4) is 0 Å². The molecule has 3 heteroatoms. The first-order chi connectivity index (χ1) is 8.13. The molecule has 0 saturated carbocycles. The number of hydrogen-bond acceptors (Lipinski definition) is 2. The van der Waals surface area contributed by atoms with Gasteiger partial charge in [0.05, 0.1) is 0 Å². The molecule has 0 aliphatic heterocycles. The Bertz CT molecular complexity index is 376. The zero-order valence-corrected chi connectivity index (χ0v) is 11.6. The highest BCUT2D eigenvalue weighted by Crippen LogP contribution is 2.27. The van der Waals surface area contributed by atoms with Gasteiger partial charge >= 0.3 is 0 Å². The van der Waals surface area contributed by atoms with Crippen LogP contribution < -0.4 is 10.2 Å². The van der Waals surface area contributed by atoms with Crippen molar-refractivity contribution in [3.05, 3.63) is 41.4 Å². The average Bonchev–Trinajstić information content (AvgIpc) is 2.35. The second kappa shape index (κ2) is 6.67. The minimum absolute atomic E-state index is 0.269. The third kappa shape index (κ3) is 3.48. The summed E-state index contributed by atoms with van der Waals surface area (Å²) < 4.78 is 0. The molecule has 0 fully saturated rings. The molecule has 0 aliphatic carbocycles. The number of benzene rings is 1. The number of nitrogens with one attached hydrogen (secondary N) is 1. The normalized spacial score (nSPS) is 12.2. The molecule has 0 saturated heterocycles. The molecule has 0 heterocycles. The standard InChI is InChI=1S/C14H21ClN2/c1-5-9-17(6-2)12-7-8-13(11(3)16-4)14(15)10-12/h5,7-8,10-11,16H,1,6,9H2,2-4H3. The van der Waals surface area contributed by atoms with Crippen molar-refractivity contribution in [2.75, 3.05) is 25.0 Å². The first-order valence-corrected chi connectivity index (χ1v) is 6.34. The third-order valence-corrected chi connectivity index (χ3v) is 3.31. The Hall–Kier alpha value is -0.990. The van der Waals surface area contributed by atoms with Gasteiger partial charge in [-0.05, 0) is 38.6 Å². The first-order valence-electron chi connectivity index (χ1n) is 5.96. The summed E-state index contributed by atoms with van der Waals surface area (Å²) in [5.74, 6) is 0. The Morgan fingerprint density at radius 3 is 2.71 bits per heavy atom. The average molecular weight is 253 g/mol. The molecule has 0 radical (unpaired) electrons. The highest BCUT2D eigenvalue weighted by atomic mass is 35.5. The number of nitrogens with zero attached hydrogens (tertiary/aromatic N) is 1. The molecule has 0 bridgehead atoms. The summed E-state index contributed by atoms with van der Waals surface area (Å²) in [5.41, 5.74) is 2.28. The number of anilines is 1. The van der Waals surface area contributed by atoms with Crippen LogP contribution in [0.5, 0.6) is 0 Å². The molecule has 17 heavy (non-hydrogen) atoms. The van der Waals surface area contributed by atoms with Gasteiger partial charge in [-0.3, -0.25) is 0 Å². The van der Waals surface area contributed by atoms with Gasteiger partial charge in [-0.25, -0.2) is 0 Å². The van der Waals surface area contributed by atoms with E-state index in [-0.39, 0.29) is 6.04 Å². The monoisotopic (exact) mass is 252 g/mol. The molecule has 1 atom stereocenters. The lowest BCUT2D eigenvalue weighted by Gasteiger charge is -2.23. The van der Waals surface area contributed by atoms with E-state index >= 15 is 0 Å². The zero-order chi connectivity index (χ0) is 12.8. The van der Waals surface area contributed by atoms with E-state index in [9.17, 15) is 0 Å². The van der Waals surface area contributed by atoms with Gasteiger partial charge < -0.3 is 10.2 Å². The van der Waals surface area contributed by atoms with Gasteiger partial charge in [0, 0.05) is 29.8 Å². The Kier molecular flexibility index (Phi) is 5.52. The highest BCUT2D eigenvalue weighted by Gasteiger charge is 2.10. The molecule has 1 aromatic carbocycles. The maximum atomic E-state index is 6.31. The molecule has 94 valence electrons. The highest BCUT2D eigenvalue weighted by molar-refractivity contribution is 6.31.